The predicted octanol–water partition coefficient (Wildman–Crippen LogP) is 1.92. The molecule has 0 spiro atoms. The van der Waals surface area contributed by atoms with Crippen LogP contribution in [-0.4, -0.2) is 28.9 Å². The summed E-state index contributed by atoms with van der Waals surface area (Å²) in [4.78, 5) is 26.1. The van der Waals surface area contributed by atoms with Gasteiger partial charge >= 0.3 is 0 Å². The smallest absolute Gasteiger partial charge is 0.248 e. The molecule has 1 aromatic carbocycles. The van der Waals surface area contributed by atoms with Gasteiger partial charge in [-0.15, -0.1) is 0 Å². The quantitative estimate of drug-likeness (QED) is 0.905. The van der Waals surface area contributed by atoms with Crippen LogP contribution < -0.4 is 10.6 Å². The molecule has 0 aromatic heterocycles. The number of carbonyl (C=O) groups excluding carboxylic acids is 2. The van der Waals surface area contributed by atoms with E-state index in [1.165, 1.54) is 0 Å². The molecule has 0 bridgehead atoms. The van der Waals surface area contributed by atoms with Gasteiger partial charge in [-0.05, 0) is 44.5 Å². The van der Waals surface area contributed by atoms with Crippen LogP contribution in [0.2, 0.25) is 0 Å². The zero-order chi connectivity index (χ0) is 14.7. The number of carbonyl (C=O) groups is 2. The van der Waals surface area contributed by atoms with Crippen LogP contribution in [0, 0.1) is 0 Å². The summed E-state index contributed by atoms with van der Waals surface area (Å²) in [5, 5.41) is 0. The van der Waals surface area contributed by atoms with E-state index in [2.05, 4.69) is 6.92 Å². The average Bonchev–Trinajstić information content (AvgIpc) is 2.55. The number of nitrogens with two attached hydrogens (primary N) is 1. The van der Waals surface area contributed by atoms with Crippen molar-refractivity contribution in [2.75, 3.05) is 16.4 Å². The third kappa shape index (κ3) is 1.62. The van der Waals surface area contributed by atoms with Gasteiger partial charge in [0, 0.05) is 22.8 Å². The Hall–Kier alpha value is -1.49. The van der Waals surface area contributed by atoms with Crippen molar-refractivity contribution in [2.24, 2.45) is 5.73 Å². The molecule has 5 heteroatoms. The molecule has 2 N–H and O–H groups in total. The lowest BCUT2D eigenvalue weighted by Gasteiger charge is -2.46. The first-order chi connectivity index (χ1) is 9.27. The molecular weight excluding hydrogens is 272 g/mol. The van der Waals surface area contributed by atoms with Gasteiger partial charge in [-0.3, -0.25) is 9.59 Å². The van der Waals surface area contributed by atoms with E-state index in [4.69, 9.17) is 5.73 Å². The average molecular weight is 290 g/mol. The Morgan fingerprint density at radius 1 is 1.30 bits per heavy atom. The number of rotatable bonds is 2. The first-order valence-electron chi connectivity index (χ1n) is 6.64. The van der Waals surface area contributed by atoms with Crippen molar-refractivity contribution in [1.82, 2.24) is 0 Å². The second-order valence-corrected chi connectivity index (χ2v) is 7.34. The number of primary amides is 1. The van der Waals surface area contributed by atoms with E-state index in [0.29, 0.717) is 5.56 Å². The highest BCUT2D eigenvalue weighted by Gasteiger charge is 2.52. The van der Waals surface area contributed by atoms with E-state index >= 15 is 0 Å². The zero-order valence-corrected chi connectivity index (χ0v) is 12.7. The van der Waals surface area contributed by atoms with Crippen molar-refractivity contribution in [1.29, 1.82) is 0 Å². The first-order valence-corrected chi connectivity index (χ1v) is 7.79. The van der Waals surface area contributed by atoms with Crippen molar-refractivity contribution in [3.8, 4) is 0 Å². The Labute approximate surface area is 122 Å². The lowest BCUT2D eigenvalue weighted by Crippen LogP contribution is -2.59. The van der Waals surface area contributed by atoms with E-state index in [9.17, 15) is 9.59 Å². The van der Waals surface area contributed by atoms with Gasteiger partial charge in [-0.25, -0.2) is 0 Å². The Balaban J connectivity index is 2.16. The molecule has 2 aliphatic heterocycles. The van der Waals surface area contributed by atoms with E-state index in [1.54, 1.807) is 12.1 Å². The van der Waals surface area contributed by atoms with Gasteiger partial charge in [0.05, 0.1) is 11.0 Å². The second-order valence-electron chi connectivity index (χ2n) is 6.35. The van der Waals surface area contributed by atoms with Crippen molar-refractivity contribution in [2.45, 2.75) is 31.7 Å². The van der Waals surface area contributed by atoms with Crippen LogP contribution in [0.1, 0.15) is 36.7 Å². The van der Waals surface area contributed by atoms with Gasteiger partial charge < -0.3 is 10.6 Å². The summed E-state index contributed by atoms with van der Waals surface area (Å²) in [6.07, 6.45) is 0. The van der Waals surface area contributed by atoms with E-state index in [0.717, 1.165) is 22.8 Å². The summed E-state index contributed by atoms with van der Waals surface area (Å²) in [5.41, 5.74) is 6.91. The molecule has 1 aromatic rings. The normalized spacial score (nSPS) is 22.4. The maximum Gasteiger partial charge on any atom is 0.248 e. The molecule has 2 aliphatic rings. The number of nitrogens with zero attached hydrogens (tertiary/aromatic N) is 1. The Morgan fingerprint density at radius 3 is 2.45 bits per heavy atom. The molecule has 4 nitrogen and oxygen atoms in total. The third-order valence-corrected chi connectivity index (χ3v) is 5.95. The van der Waals surface area contributed by atoms with Crippen LogP contribution in [0.25, 0.3) is 0 Å². The summed E-state index contributed by atoms with van der Waals surface area (Å²) in [6.45, 7) is 5.94. The van der Waals surface area contributed by atoms with Crippen LogP contribution >= 0.6 is 11.8 Å². The number of thioether (sulfide) groups is 1. The molecular formula is C15H18N2O2S. The number of anilines is 1. The highest BCUT2D eigenvalue weighted by molar-refractivity contribution is 8.00. The fourth-order valence-electron chi connectivity index (χ4n) is 2.95. The minimum absolute atomic E-state index is 0.108. The van der Waals surface area contributed by atoms with Crippen LogP contribution in [0.3, 0.4) is 0 Å². The third-order valence-electron chi connectivity index (χ3n) is 4.30. The lowest BCUT2D eigenvalue weighted by atomic mass is 9.85. The Kier molecular flexibility index (Phi) is 2.70. The summed E-state index contributed by atoms with van der Waals surface area (Å²) in [7, 11) is 0. The van der Waals surface area contributed by atoms with Crippen molar-refractivity contribution in [3.63, 3.8) is 0 Å². The standard InChI is InChI=1S/C15H18N2O2S/c1-14(2)10-6-9(12(16)18)4-5-11(10)17(13(14)19)15(3)7-20-8-15/h4-6H,7-8H2,1-3H3,(H2,16,18). The molecule has 1 fully saturated rings. The molecule has 0 saturated carbocycles. The SMILES string of the molecule is CC1(C)C(=O)N(C2(C)CSC2)c2ccc(C(N)=O)cc21. The molecule has 1 saturated heterocycles. The Morgan fingerprint density at radius 2 is 1.95 bits per heavy atom. The number of benzene rings is 1. The number of hydrogen-bond acceptors (Lipinski definition) is 3. The van der Waals surface area contributed by atoms with Crippen LogP contribution in [0.15, 0.2) is 18.2 Å². The molecule has 3 rings (SSSR count). The maximum atomic E-state index is 12.8. The first kappa shape index (κ1) is 13.5. The van der Waals surface area contributed by atoms with Gasteiger partial charge in [-0.1, -0.05) is 0 Å². The summed E-state index contributed by atoms with van der Waals surface area (Å²) >= 11 is 1.85. The van der Waals surface area contributed by atoms with Gasteiger partial charge in [-0.2, -0.15) is 11.8 Å². The van der Waals surface area contributed by atoms with Crippen molar-refractivity contribution >= 4 is 29.3 Å². The minimum atomic E-state index is -0.607. The van der Waals surface area contributed by atoms with Gasteiger partial charge in [0.2, 0.25) is 11.8 Å². The van der Waals surface area contributed by atoms with Crippen LogP contribution in [0.5, 0.6) is 0 Å². The second kappa shape index (κ2) is 4.01. The van der Waals surface area contributed by atoms with Gasteiger partial charge in [0.1, 0.15) is 0 Å². The van der Waals surface area contributed by atoms with E-state index in [1.807, 2.05) is 36.6 Å². The number of fused-ring (bicyclic) bond motifs is 1. The largest absolute Gasteiger partial charge is 0.366 e. The van der Waals surface area contributed by atoms with E-state index < -0.39 is 11.3 Å². The van der Waals surface area contributed by atoms with Crippen molar-refractivity contribution < 1.29 is 9.59 Å². The monoisotopic (exact) mass is 290 g/mol. The summed E-state index contributed by atoms with van der Waals surface area (Å²) < 4.78 is 0. The van der Waals surface area contributed by atoms with Crippen LogP contribution in [-0.2, 0) is 10.2 Å². The van der Waals surface area contributed by atoms with Gasteiger partial charge in [0.25, 0.3) is 0 Å². The predicted molar refractivity (Wildman–Crippen MR) is 81.2 cm³/mol. The lowest BCUT2D eigenvalue weighted by molar-refractivity contribution is -0.123. The summed E-state index contributed by atoms with van der Waals surface area (Å²) in [6, 6.07) is 5.33. The molecule has 106 valence electrons. The highest BCUT2D eigenvalue weighted by Crippen LogP contribution is 2.48. The molecule has 0 unspecified atom stereocenters. The van der Waals surface area contributed by atoms with Crippen LogP contribution in [0.4, 0.5) is 5.69 Å². The molecule has 20 heavy (non-hydrogen) atoms. The van der Waals surface area contributed by atoms with Gasteiger partial charge in [0.15, 0.2) is 0 Å². The molecule has 0 atom stereocenters. The molecule has 0 aliphatic carbocycles. The summed E-state index contributed by atoms with van der Waals surface area (Å²) in [5.74, 6) is 1.55. The molecule has 2 amide bonds. The highest BCUT2D eigenvalue weighted by atomic mass is 32.2. The maximum absolute atomic E-state index is 12.8. The van der Waals surface area contributed by atoms with Crippen molar-refractivity contribution in [3.05, 3.63) is 29.3 Å². The van der Waals surface area contributed by atoms with E-state index in [-0.39, 0.29) is 11.4 Å². The Bertz CT molecular complexity index is 620. The molecule has 0 radical (unpaired) electrons. The fraction of sp³-hybridized carbons (Fsp3) is 0.467. The zero-order valence-electron chi connectivity index (χ0n) is 11.9. The fourth-order valence-corrected chi connectivity index (χ4v) is 4.00. The topological polar surface area (TPSA) is 63.4 Å². The number of hydrogen-bond donors (Lipinski definition) is 1. The molecule has 2 heterocycles. The number of amides is 2. The minimum Gasteiger partial charge on any atom is -0.366 e.